The van der Waals surface area contributed by atoms with Gasteiger partial charge in [0.1, 0.15) is 0 Å². The molecule has 0 saturated carbocycles. The molecule has 2 rings (SSSR count). The maximum atomic E-state index is 10.4. The molecule has 3 nitrogen and oxygen atoms in total. The van der Waals surface area contributed by atoms with Crippen LogP contribution in [0.15, 0.2) is 54.6 Å². The molecule has 2 N–H and O–H groups in total. The number of benzene rings is 2. The second-order valence-electron chi connectivity index (χ2n) is 5.59. The fraction of sp³-hybridized carbons (Fsp3) is 0.333. The first kappa shape index (κ1) is 15.5. The zero-order valence-electron chi connectivity index (χ0n) is 13.0. The average molecular weight is 284 g/mol. The Morgan fingerprint density at radius 3 is 2.19 bits per heavy atom. The zero-order chi connectivity index (χ0) is 15.2. The number of aliphatic hydroxyl groups is 1. The number of rotatable bonds is 6. The number of hydrogen-bond donors (Lipinski definition) is 2. The van der Waals surface area contributed by atoms with Crippen molar-refractivity contribution in [2.24, 2.45) is 0 Å². The van der Waals surface area contributed by atoms with E-state index in [1.165, 1.54) is 5.56 Å². The highest BCUT2D eigenvalue weighted by Gasteiger charge is 2.15. The van der Waals surface area contributed by atoms with Crippen LogP contribution in [0.5, 0.6) is 0 Å². The largest absolute Gasteiger partial charge is 0.387 e. The second kappa shape index (κ2) is 7.25. The van der Waals surface area contributed by atoms with E-state index in [-0.39, 0.29) is 6.04 Å². The van der Waals surface area contributed by atoms with E-state index in [9.17, 15) is 5.11 Å². The van der Waals surface area contributed by atoms with E-state index < -0.39 is 6.10 Å². The average Bonchev–Trinajstić information content (AvgIpc) is 2.53. The number of hydrogen-bond acceptors (Lipinski definition) is 3. The van der Waals surface area contributed by atoms with Gasteiger partial charge >= 0.3 is 0 Å². The molecule has 0 radical (unpaired) electrons. The summed E-state index contributed by atoms with van der Waals surface area (Å²) in [5.74, 6) is 0. The lowest BCUT2D eigenvalue weighted by atomic mass is 10.0. The van der Waals surface area contributed by atoms with Crippen LogP contribution in [0.3, 0.4) is 0 Å². The van der Waals surface area contributed by atoms with Crippen molar-refractivity contribution in [1.29, 1.82) is 0 Å². The highest BCUT2D eigenvalue weighted by atomic mass is 16.3. The molecule has 3 heteroatoms. The number of aliphatic hydroxyl groups excluding tert-OH is 1. The van der Waals surface area contributed by atoms with Crippen molar-refractivity contribution < 1.29 is 5.11 Å². The molecule has 0 aliphatic rings. The van der Waals surface area contributed by atoms with Gasteiger partial charge in [0.15, 0.2) is 0 Å². The van der Waals surface area contributed by atoms with Crippen LogP contribution in [-0.4, -0.2) is 25.2 Å². The molecule has 2 aromatic carbocycles. The van der Waals surface area contributed by atoms with Gasteiger partial charge in [-0.3, -0.25) is 0 Å². The third kappa shape index (κ3) is 4.31. The summed E-state index contributed by atoms with van der Waals surface area (Å²) < 4.78 is 0. The van der Waals surface area contributed by atoms with Crippen LogP contribution in [0.2, 0.25) is 0 Å². The summed E-state index contributed by atoms with van der Waals surface area (Å²) in [6.07, 6.45) is -0.509. The summed E-state index contributed by atoms with van der Waals surface area (Å²) in [5.41, 5.74) is 3.30. The summed E-state index contributed by atoms with van der Waals surface area (Å²) in [4.78, 5) is 2.05. The summed E-state index contributed by atoms with van der Waals surface area (Å²) in [5, 5.41) is 13.8. The van der Waals surface area contributed by atoms with Gasteiger partial charge in [0, 0.05) is 32.4 Å². The molecule has 21 heavy (non-hydrogen) atoms. The molecule has 0 amide bonds. The van der Waals surface area contributed by atoms with Gasteiger partial charge in [0.05, 0.1) is 6.10 Å². The van der Waals surface area contributed by atoms with Crippen LogP contribution in [0.1, 0.15) is 24.2 Å². The Bertz CT molecular complexity index is 537. The van der Waals surface area contributed by atoms with Crippen LogP contribution >= 0.6 is 0 Å². The molecular weight excluding hydrogens is 260 g/mol. The highest BCUT2D eigenvalue weighted by molar-refractivity contribution is 5.46. The molecule has 112 valence electrons. The third-order valence-electron chi connectivity index (χ3n) is 3.70. The Labute approximate surface area is 127 Å². The van der Waals surface area contributed by atoms with Crippen molar-refractivity contribution in [3.8, 4) is 0 Å². The Balaban J connectivity index is 1.93. The van der Waals surface area contributed by atoms with E-state index in [2.05, 4.69) is 17.4 Å². The number of anilines is 1. The lowest BCUT2D eigenvalue weighted by Crippen LogP contribution is -2.31. The normalized spacial score (nSPS) is 13.7. The molecule has 2 unspecified atom stereocenters. The summed E-state index contributed by atoms with van der Waals surface area (Å²) >= 11 is 0. The molecule has 0 aliphatic heterocycles. The van der Waals surface area contributed by atoms with Gasteiger partial charge in [-0.05, 0) is 30.2 Å². The quantitative estimate of drug-likeness (QED) is 0.856. The molecule has 0 bridgehead atoms. The molecule has 0 spiro atoms. The standard InChI is InChI=1S/C18H24N2O/c1-14(19-13-15-7-5-4-6-8-15)18(21)16-9-11-17(12-10-16)20(2)3/h4-12,14,18-19,21H,13H2,1-3H3. The first-order chi connectivity index (χ1) is 10.1. The van der Waals surface area contributed by atoms with Crippen molar-refractivity contribution in [2.75, 3.05) is 19.0 Å². The van der Waals surface area contributed by atoms with E-state index in [1.54, 1.807) is 0 Å². The SMILES string of the molecule is CC(NCc1ccccc1)C(O)c1ccc(N(C)C)cc1. The zero-order valence-corrected chi connectivity index (χ0v) is 13.0. The van der Waals surface area contributed by atoms with Gasteiger partial charge in [-0.1, -0.05) is 42.5 Å². The molecule has 0 aliphatic carbocycles. The molecule has 0 saturated heterocycles. The van der Waals surface area contributed by atoms with Gasteiger partial charge in [0.25, 0.3) is 0 Å². The summed E-state index contributed by atoms with van der Waals surface area (Å²) in [6, 6.07) is 18.3. The van der Waals surface area contributed by atoms with Gasteiger partial charge < -0.3 is 15.3 Å². The summed E-state index contributed by atoms with van der Waals surface area (Å²) in [7, 11) is 4.02. The minimum Gasteiger partial charge on any atom is -0.387 e. The lowest BCUT2D eigenvalue weighted by molar-refractivity contribution is 0.135. The maximum Gasteiger partial charge on any atom is 0.0940 e. The molecule has 0 heterocycles. The molecule has 0 fully saturated rings. The Hall–Kier alpha value is -1.84. The second-order valence-corrected chi connectivity index (χ2v) is 5.59. The van der Waals surface area contributed by atoms with Crippen molar-refractivity contribution in [2.45, 2.75) is 25.6 Å². The van der Waals surface area contributed by atoms with E-state index in [0.717, 1.165) is 17.8 Å². The number of nitrogens with zero attached hydrogens (tertiary/aromatic N) is 1. The van der Waals surface area contributed by atoms with Crippen molar-refractivity contribution in [3.63, 3.8) is 0 Å². The Morgan fingerprint density at radius 1 is 1.00 bits per heavy atom. The third-order valence-corrected chi connectivity index (χ3v) is 3.70. The van der Waals surface area contributed by atoms with Crippen LogP contribution in [0.4, 0.5) is 5.69 Å². The van der Waals surface area contributed by atoms with Crippen LogP contribution < -0.4 is 10.2 Å². The molecule has 2 atom stereocenters. The summed E-state index contributed by atoms with van der Waals surface area (Å²) in [6.45, 7) is 2.77. The Morgan fingerprint density at radius 2 is 1.62 bits per heavy atom. The first-order valence-electron chi connectivity index (χ1n) is 7.30. The van der Waals surface area contributed by atoms with Crippen LogP contribution in [-0.2, 0) is 6.54 Å². The minimum atomic E-state index is -0.509. The van der Waals surface area contributed by atoms with Gasteiger partial charge in [0.2, 0.25) is 0 Å². The van der Waals surface area contributed by atoms with E-state index in [0.29, 0.717) is 0 Å². The van der Waals surface area contributed by atoms with Crippen molar-refractivity contribution in [3.05, 3.63) is 65.7 Å². The predicted octanol–water partition coefficient (Wildman–Crippen LogP) is 2.96. The smallest absolute Gasteiger partial charge is 0.0940 e. The lowest BCUT2D eigenvalue weighted by Gasteiger charge is -2.21. The maximum absolute atomic E-state index is 10.4. The van der Waals surface area contributed by atoms with Gasteiger partial charge in [-0.2, -0.15) is 0 Å². The van der Waals surface area contributed by atoms with E-state index in [4.69, 9.17) is 0 Å². The Kier molecular flexibility index (Phi) is 5.37. The van der Waals surface area contributed by atoms with E-state index >= 15 is 0 Å². The predicted molar refractivity (Wildman–Crippen MR) is 88.5 cm³/mol. The first-order valence-corrected chi connectivity index (χ1v) is 7.30. The van der Waals surface area contributed by atoms with Gasteiger partial charge in [-0.25, -0.2) is 0 Å². The molecular formula is C18H24N2O. The highest BCUT2D eigenvalue weighted by Crippen LogP contribution is 2.20. The van der Waals surface area contributed by atoms with Crippen LogP contribution in [0.25, 0.3) is 0 Å². The fourth-order valence-corrected chi connectivity index (χ4v) is 2.24. The van der Waals surface area contributed by atoms with Crippen molar-refractivity contribution in [1.82, 2.24) is 5.32 Å². The molecule has 0 aromatic heterocycles. The van der Waals surface area contributed by atoms with Gasteiger partial charge in [-0.15, -0.1) is 0 Å². The minimum absolute atomic E-state index is 0.00425. The fourth-order valence-electron chi connectivity index (χ4n) is 2.24. The number of nitrogens with one attached hydrogen (secondary N) is 1. The van der Waals surface area contributed by atoms with Crippen molar-refractivity contribution >= 4 is 5.69 Å². The van der Waals surface area contributed by atoms with Crippen LogP contribution in [0, 0.1) is 0 Å². The van der Waals surface area contributed by atoms with E-state index in [1.807, 2.05) is 68.4 Å². The topological polar surface area (TPSA) is 35.5 Å². The monoisotopic (exact) mass is 284 g/mol. The molecule has 2 aromatic rings.